The van der Waals surface area contributed by atoms with Crippen molar-refractivity contribution in [3.8, 4) is 0 Å². The van der Waals surface area contributed by atoms with Crippen LogP contribution in [0.1, 0.15) is 30.6 Å². The number of benzene rings is 1. The molecule has 8 heteroatoms. The third-order valence-corrected chi connectivity index (χ3v) is 4.58. The Morgan fingerprint density at radius 2 is 2.00 bits per heavy atom. The van der Waals surface area contributed by atoms with Crippen molar-refractivity contribution >= 4 is 31.7 Å². The van der Waals surface area contributed by atoms with Gasteiger partial charge in [-0.1, -0.05) is 29.8 Å². The molecule has 0 aliphatic carbocycles. The van der Waals surface area contributed by atoms with Gasteiger partial charge in [0.05, 0.1) is 5.56 Å². The predicted octanol–water partition coefficient (Wildman–Crippen LogP) is 2.09. The lowest BCUT2D eigenvalue weighted by atomic mass is 10.0. The Morgan fingerprint density at radius 3 is 2.45 bits per heavy atom. The van der Waals surface area contributed by atoms with E-state index in [2.05, 4.69) is 21.2 Å². The molecule has 0 fully saturated rings. The van der Waals surface area contributed by atoms with Crippen LogP contribution in [0.5, 0.6) is 0 Å². The SMILES string of the molecule is CC(C)CC(CN)NC(=O)c1cc(Br)cc(S(C)(=O)=O)c1F. The first kappa shape index (κ1) is 19.1. The van der Waals surface area contributed by atoms with Crippen molar-refractivity contribution in [2.24, 2.45) is 11.7 Å². The largest absolute Gasteiger partial charge is 0.348 e. The number of carbonyl (C=O) groups is 1. The minimum absolute atomic E-state index is 0.221. The van der Waals surface area contributed by atoms with Crippen molar-refractivity contribution in [3.05, 3.63) is 28.0 Å². The Morgan fingerprint density at radius 1 is 1.41 bits per heavy atom. The van der Waals surface area contributed by atoms with Gasteiger partial charge < -0.3 is 11.1 Å². The van der Waals surface area contributed by atoms with Crippen molar-refractivity contribution in [2.45, 2.75) is 31.2 Å². The minimum Gasteiger partial charge on any atom is -0.348 e. The van der Waals surface area contributed by atoms with Crippen LogP contribution >= 0.6 is 15.9 Å². The highest BCUT2D eigenvalue weighted by atomic mass is 79.9. The number of rotatable bonds is 6. The van der Waals surface area contributed by atoms with E-state index in [9.17, 15) is 17.6 Å². The van der Waals surface area contributed by atoms with Gasteiger partial charge in [0.15, 0.2) is 15.7 Å². The smallest absolute Gasteiger partial charge is 0.254 e. The number of nitrogens with one attached hydrogen (secondary N) is 1. The highest BCUT2D eigenvalue weighted by Gasteiger charge is 2.23. The van der Waals surface area contributed by atoms with E-state index in [4.69, 9.17) is 5.73 Å². The van der Waals surface area contributed by atoms with Gasteiger partial charge >= 0.3 is 0 Å². The van der Waals surface area contributed by atoms with Gasteiger partial charge in [-0.3, -0.25) is 4.79 Å². The van der Waals surface area contributed by atoms with Crippen LogP contribution in [-0.4, -0.2) is 33.2 Å². The van der Waals surface area contributed by atoms with Crippen molar-refractivity contribution in [1.29, 1.82) is 0 Å². The second kappa shape index (κ2) is 7.52. The molecule has 0 aromatic heterocycles. The van der Waals surface area contributed by atoms with Crippen LogP contribution in [0.15, 0.2) is 21.5 Å². The molecular formula is C14H20BrFN2O3S. The molecule has 0 aliphatic heterocycles. The Kier molecular flexibility index (Phi) is 6.51. The zero-order valence-corrected chi connectivity index (χ0v) is 15.1. The molecule has 3 N–H and O–H groups in total. The van der Waals surface area contributed by atoms with Crippen molar-refractivity contribution < 1.29 is 17.6 Å². The maximum Gasteiger partial charge on any atom is 0.254 e. The summed E-state index contributed by atoms with van der Waals surface area (Å²) in [7, 11) is -3.77. The van der Waals surface area contributed by atoms with Crippen LogP contribution in [0.2, 0.25) is 0 Å². The van der Waals surface area contributed by atoms with Crippen LogP contribution in [-0.2, 0) is 9.84 Å². The molecule has 0 bridgehead atoms. The summed E-state index contributed by atoms with van der Waals surface area (Å²) in [5.74, 6) is -1.42. The topological polar surface area (TPSA) is 89.3 Å². The lowest BCUT2D eigenvalue weighted by molar-refractivity contribution is 0.0929. The minimum atomic E-state index is -3.77. The van der Waals surface area contributed by atoms with E-state index in [0.717, 1.165) is 12.3 Å². The molecule has 5 nitrogen and oxygen atoms in total. The normalized spacial score (nSPS) is 13.2. The van der Waals surface area contributed by atoms with E-state index in [1.54, 1.807) is 0 Å². The molecule has 22 heavy (non-hydrogen) atoms. The van der Waals surface area contributed by atoms with Crippen LogP contribution < -0.4 is 11.1 Å². The first-order valence-electron chi connectivity index (χ1n) is 6.76. The number of nitrogens with two attached hydrogens (primary N) is 1. The zero-order valence-electron chi connectivity index (χ0n) is 12.7. The molecule has 0 heterocycles. The number of carbonyl (C=O) groups excluding carboxylic acids is 1. The first-order valence-corrected chi connectivity index (χ1v) is 9.44. The second-order valence-electron chi connectivity index (χ2n) is 5.57. The third-order valence-electron chi connectivity index (χ3n) is 3.02. The lowest BCUT2D eigenvalue weighted by Crippen LogP contribution is -2.41. The number of hydrogen-bond donors (Lipinski definition) is 2. The van der Waals surface area contributed by atoms with E-state index in [1.807, 2.05) is 13.8 Å². The van der Waals surface area contributed by atoms with Gasteiger partial charge in [0.1, 0.15) is 4.90 Å². The summed E-state index contributed by atoms with van der Waals surface area (Å²) in [5.41, 5.74) is 5.28. The van der Waals surface area contributed by atoms with Crippen LogP contribution in [0.25, 0.3) is 0 Å². The van der Waals surface area contributed by atoms with Gasteiger partial charge in [0.25, 0.3) is 5.91 Å². The third kappa shape index (κ3) is 5.03. The molecule has 0 saturated heterocycles. The number of amides is 1. The molecule has 0 spiro atoms. The molecule has 1 aromatic rings. The van der Waals surface area contributed by atoms with Crippen LogP contribution in [0.4, 0.5) is 4.39 Å². The zero-order chi connectivity index (χ0) is 17.1. The van der Waals surface area contributed by atoms with E-state index in [1.165, 1.54) is 6.07 Å². The van der Waals surface area contributed by atoms with Crippen molar-refractivity contribution in [3.63, 3.8) is 0 Å². The summed E-state index contributed by atoms with van der Waals surface area (Å²) in [5, 5.41) is 2.64. The molecule has 0 aliphatic rings. The number of hydrogen-bond acceptors (Lipinski definition) is 4. The van der Waals surface area contributed by atoms with Crippen LogP contribution in [0, 0.1) is 11.7 Å². The average Bonchev–Trinajstić information content (AvgIpc) is 2.38. The van der Waals surface area contributed by atoms with Gasteiger partial charge in [-0.2, -0.15) is 0 Å². The van der Waals surface area contributed by atoms with Gasteiger partial charge in [0, 0.05) is 23.3 Å². The average molecular weight is 395 g/mol. The fourth-order valence-electron chi connectivity index (χ4n) is 2.05. The summed E-state index contributed by atoms with van der Waals surface area (Å²) in [6.07, 6.45) is 1.54. The maximum atomic E-state index is 14.3. The molecular weight excluding hydrogens is 375 g/mol. The van der Waals surface area contributed by atoms with Gasteiger partial charge in [-0.05, 0) is 24.5 Å². The Bertz CT molecular complexity index is 662. The molecule has 1 unspecified atom stereocenters. The van der Waals surface area contributed by atoms with Crippen LogP contribution in [0.3, 0.4) is 0 Å². The highest BCUT2D eigenvalue weighted by Crippen LogP contribution is 2.24. The quantitative estimate of drug-likeness (QED) is 0.772. The molecule has 0 saturated carbocycles. The van der Waals surface area contributed by atoms with Gasteiger partial charge in [-0.15, -0.1) is 0 Å². The van der Waals surface area contributed by atoms with E-state index >= 15 is 0 Å². The van der Waals surface area contributed by atoms with E-state index in [-0.39, 0.29) is 18.2 Å². The second-order valence-corrected chi connectivity index (χ2v) is 8.47. The lowest BCUT2D eigenvalue weighted by Gasteiger charge is -2.19. The van der Waals surface area contributed by atoms with Gasteiger partial charge in [0.2, 0.25) is 0 Å². The monoisotopic (exact) mass is 394 g/mol. The highest BCUT2D eigenvalue weighted by molar-refractivity contribution is 9.10. The number of sulfone groups is 1. The summed E-state index contributed by atoms with van der Waals surface area (Å²) in [4.78, 5) is 11.7. The van der Waals surface area contributed by atoms with Crippen molar-refractivity contribution in [1.82, 2.24) is 5.32 Å². The molecule has 0 radical (unpaired) electrons. The van der Waals surface area contributed by atoms with E-state index in [0.29, 0.717) is 16.8 Å². The van der Waals surface area contributed by atoms with Crippen molar-refractivity contribution in [2.75, 3.05) is 12.8 Å². The fourth-order valence-corrected chi connectivity index (χ4v) is 3.43. The molecule has 1 rings (SSSR count). The Hall–Kier alpha value is -0.990. The maximum absolute atomic E-state index is 14.3. The summed E-state index contributed by atoms with van der Waals surface area (Å²) >= 11 is 3.10. The standard InChI is InChI=1S/C14H20BrFN2O3S/c1-8(2)4-10(7-17)18-14(19)11-5-9(15)6-12(13(11)16)22(3,20)21/h5-6,8,10H,4,7,17H2,1-3H3,(H,18,19). The first-order chi connectivity index (χ1) is 10.1. The fraction of sp³-hybridized carbons (Fsp3) is 0.500. The molecule has 1 aromatic carbocycles. The van der Waals surface area contributed by atoms with E-state index < -0.39 is 26.5 Å². The van der Waals surface area contributed by atoms with Gasteiger partial charge in [-0.25, -0.2) is 12.8 Å². The molecule has 124 valence electrons. The summed E-state index contributed by atoms with van der Waals surface area (Å²) < 4.78 is 37.8. The number of halogens is 2. The Labute approximate surface area is 138 Å². The molecule has 1 amide bonds. The summed E-state index contributed by atoms with van der Waals surface area (Å²) in [6, 6.07) is 2.09. The Balaban J connectivity index is 3.16. The predicted molar refractivity (Wildman–Crippen MR) is 87.0 cm³/mol. The summed E-state index contributed by atoms with van der Waals surface area (Å²) in [6.45, 7) is 4.19. The molecule has 1 atom stereocenters.